The maximum Gasteiger partial charge on any atom is 0.149 e. The molecule has 1 atom stereocenters. The first-order valence-corrected chi connectivity index (χ1v) is 6.00. The summed E-state index contributed by atoms with van der Waals surface area (Å²) in [7, 11) is 0. The minimum atomic E-state index is 0.244. The molecule has 14 heavy (non-hydrogen) atoms. The molecule has 0 amide bonds. The summed E-state index contributed by atoms with van der Waals surface area (Å²) in [6, 6.07) is 0.618. The van der Waals surface area contributed by atoms with Crippen LogP contribution in [-0.4, -0.2) is 18.4 Å². The zero-order chi connectivity index (χ0) is 10.4. The van der Waals surface area contributed by atoms with Crippen molar-refractivity contribution in [3.8, 4) is 0 Å². The van der Waals surface area contributed by atoms with E-state index in [1.54, 1.807) is 0 Å². The SMILES string of the molecule is CCCC(C)C(=O)CNC1CCCC1. The van der Waals surface area contributed by atoms with Crippen LogP contribution in [0, 0.1) is 5.92 Å². The molecule has 82 valence electrons. The lowest BCUT2D eigenvalue weighted by Crippen LogP contribution is -2.33. The summed E-state index contributed by atoms with van der Waals surface area (Å²) in [4.78, 5) is 11.6. The third-order valence-corrected chi connectivity index (χ3v) is 3.19. The molecule has 0 aromatic carbocycles. The molecular formula is C12H23NO. The highest BCUT2D eigenvalue weighted by molar-refractivity contribution is 5.82. The predicted octanol–water partition coefficient (Wildman–Crippen LogP) is 2.52. The van der Waals surface area contributed by atoms with Crippen molar-refractivity contribution in [3.63, 3.8) is 0 Å². The second-order valence-corrected chi connectivity index (χ2v) is 4.52. The fourth-order valence-corrected chi connectivity index (χ4v) is 2.14. The fourth-order valence-electron chi connectivity index (χ4n) is 2.14. The molecule has 0 aliphatic heterocycles. The van der Waals surface area contributed by atoms with Crippen molar-refractivity contribution in [1.82, 2.24) is 5.32 Å². The van der Waals surface area contributed by atoms with E-state index in [9.17, 15) is 4.79 Å². The van der Waals surface area contributed by atoms with Crippen molar-refractivity contribution >= 4 is 5.78 Å². The molecule has 0 radical (unpaired) electrons. The van der Waals surface area contributed by atoms with Crippen molar-refractivity contribution in [3.05, 3.63) is 0 Å². The van der Waals surface area contributed by atoms with E-state index in [4.69, 9.17) is 0 Å². The second kappa shape index (κ2) is 6.18. The van der Waals surface area contributed by atoms with Gasteiger partial charge in [0.1, 0.15) is 5.78 Å². The first kappa shape index (κ1) is 11.7. The predicted molar refractivity (Wildman–Crippen MR) is 59.3 cm³/mol. The quantitative estimate of drug-likeness (QED) is 0.709. The second-order valence-electron chi connectivity index (χ2n) is 4.52. The van der Waals surface area contributed by atoms with Crippen LogP contribution in [0.1, 0.15) is 52.4 Å². The van der Waals surface area contributed by atoms with Crippen LogP contribution in [0.5, 0.6) is 0 Å². The Kier molecular flexibility index (Phi) is 5.16. The lowest BCUT2D eigenvalue weighted by molar-refractivity contribution is -0.121. The monoisotopic (exact) mass is 197 g/mol. The molecule has 1 N–H and O–H groups in total. The van der Waals surface area contributed by atoms with Gasteiger partial charge in [0.25, 0.3) is 0 Å². The number of carbonyl (C=O) groups is 1. The highest BCUT2D eigenvalue weighted by Crippen LogP contribution is 2.17. The van der Waals surface area contributed by atoms with Gasteiger partial charge in [-0.25, -0.2) is 0 Å². The normalized spacial score (nSPS) is 19.9. The minimum Gasteiger partial charge on any atom is -0.307 e. The third-order valence-electron chi connectivity index (χ3n) is 3.19. The van der Waals surface area contributed by atoms with Crippen LogP contribution in [0.2, 0.25) is 0 Å². The zero-order valence-corrected chi connectivity index (χ0v) is 9.51. The van der Waals surface area contributed by atoms with E-state index in [2.05, 4.69) is 12.2 Å². The van der Waals surface area contributed by atoms with Crippen LogP contribution in [0.25, 0.3) is 0 Å². The lowest BCUT2D eigenvalue weighted by Gasteiger charge is -2.13. The average Bonchev–Trinajstić information content (AvgIpc) is 2.67. The molecule has 1 saturated carbocycles. The van der Waals surface area contributed by atoms with E-state index in [1.807, 2.05) is 6.92 Å². The molecule has 1 rings (SSSR count). The topological polar surface area (TPSA) is 29.1 Å². The van der Waals surface area contributed by atoms with Gasteiger partial charge in [-0.1, -0.05) is 33.1 Å². The van der Waals surface area contributed by atoms with E-state index in [-0.39, 0.29) is 5.92 Å². The molecule has 1 fully saturated rings. The molecule has 0 heterocycles. The lowest BCUT2D eigenvalue weighted by atomic mass is 10.0. The number of hydrogen-bond donors (Lipinski definition) is 1. The summed E-state index contributed by atoms with van der Waals surface area (Å²) in [5, 5.41) is 3.37. The van der Waals surface area contributed by atoms with Gasteiger partial charge in [0.05, 0.1) is 6.54 Å². The molecule has 1 aliphatic rings. The van der Waals surface area contributed by atoms with Crippen LogP contribution in [0.3, 0.4) is 0 Å². The number of carbonyl (C=O) groups excluding carboxylic acids is 1. The molecule has 0 aromatic heterocycles. The van der Waals surface area contributed by atoms with Gasteiger partial charge in [-0.3, -0.25) is 4.79 Å². The maximum absolute atomic E-state index is 11.6. The number of hydrogen-bond acceptors (Lipinski definition) is 2. The Labute approximate surface area is 87.5 Å². The standard InChI is InChI=1S/C12H23NO/c1-3-6-10(2)12(14)9-13-11-7-4-5-8-11/h10-11,13H,3-9H2,1-2H3. The molecule has 0 bridgehead atoms. The number of nitrogens with one attached hydrogen (secondary N) is 1. The Bertz CT molecular complexity index is 173. The van der Waals surface area contributed by atoms with E-state index in [1.165, 1.54) is 25.7 Å². The van der Waals surface area contributed by atoms with Gasteiger partial charge in [-0.2, -0.15) is 0 Å². The van der Waals surface area contributed by atoms with Gasteiger partial charge in [-0.05, 0) is 19.3 Å². The first-order valence-electron chi connectivity index (χ1n) is 6.00. The summed E-state index contributed by atoms with van der Waals surface area (Å²) in [6.07, 6.45) is 7.32. The molecule has 2 heteroatoms. The van der Waals surface area contributed by atoms with Crippen molar-refractivity contribution in [2.45, 2.75) is 58.4 Å². The number of rotatable bonds is 6. The van der Waals surface area contributed by atoms with Gasteiger partial charge >= 0.3 is 0 Å². The van der Waals surface area contributed by atoms with Crippen LogP contribution in [0.15, 0.2) is 0 Å². The van der Waals surface area contributed by atoms with E-state index in [0.29, 0.717) is 18.4 Å². The maximum atomic E-state index is 11.6. The van der Waals surface area contributed by atoms with Gasteiger partial charge in [-0.15, -0.1) is 0 Å². The van der Waals surface area contributed by atoms with Crippen molar-refractivity contribution in [2.75, 3.05) is 6.54 Å². The molecule has 0 aromatic rings. The van der Waals surface area contributed by atoms with Crippen molar-refractivity contribution < 1.29 is 4.79 Å². The van der Waals surface area contributed by atoms with E-state index >= 15 is 0 Å². The average molecular weight is 197 g/mol. The Hall–Kier alpha value is -0.370. The molecule has 1 aliphatic carbocycles. The van der Waals surface area contributed by atoms with Crippen LogP contribution in [0.4, 0.5) is 0 Å². The van der Waals surface area contributed by atoms with Crippen LogP contribution < -0.4 is 5.32 Å². The highest BCUT2D eigenvalue weighted by atomic mass is 16.1. The zero-order valence-electron chi connectivity index (χ0n) is 9.51. The minimum absolute atomic E-state index is 0.244. The Morgan fingerprint density at radius 3 is 2.64 bits per heavy atom. The highest BCUT2D eigenvalue weighted by Gasteiger charge is 2.17. The largest absolute Gasteiger partial charge is 0.307 e. The molecule has 2 nitrogen and oxygen atoms in total. The molecule has 0 saturated heterocycles. The summed E-state index contributed by atoms with van der Waals surface area (Å²) in [5.41, 5.74) is 0. The van der Waals surface area contributed by atoms with Gasteiger partial charge in [0.15, 0.2) is 0 Å². The number of ketones is 1. The summed E-state index contributed by atoms with van der Waals surface area (Å²) >= 11 is 0. The Morgan fingerprint density at radius 2 is 2.07 bits per heavy atom. The smallest absolute Gasteiger partial charge is 0.149 e. The molecule has 0 spiro atoms. The van der Waals surface area contributed by atoms with Crippen LogP contribution >= 0.6 is 0 Å². The number of Topliss-reactive ketones (excluding diaryl/α,β-unsaturated/α-hetero) is 1. The molecule has 1 unspecified atom stereocenters. The van der Waals surface area contributed by atoms with E-state index in [0.717, 1.165) is 12.8 Å². The summed E-state index contributed by atoms with van der Waals surface area (Å²) in [6.45, 7) is 4.77. The third kappa shape index (κ3) is 3.79. The summed E-state index contributed by atoms with van der Waals surface area (Å²) < 4.78 is 0. The Morgan fingerprint density at radius 1 is 1.43 bits per heavy atom. The van der Waals surface area contributed by atoms with Gasteiger partial charge in [0.2, 0.25) is 0 Å². The van der Waals surface area contributed by atoms with Crippen molar-refractivity contribution in [1.29, 1.82) is 0 Å². The van der Waals surface area contributed by atoms with Crippen molar-refractivity contribution in [2.24, 2.45) is 5.92 Å². The van der Waals surface area contributed by atoms with Crippen LogP contribution in [-0.2, 0) is 4.79 Å². The van der Waals surface area contributed by atoms with Gasteiger partial charge < -0.3 is 5.32 Å². The Balaban J connectivity index is 2.13. The fraction of sp³-hybridized carbons (Fsp3) is 0.917. The first-order chi connectivity index (χ1) is 6.74. The summed E-state index contributed by atoms with van der Waals surface area (Å²) in [5.74, 6) is 0.632. The van der Waals surface area contributed by atoms with Gasteiger partial charge in [0, 0.05) is 12.0 Å². The molecular weight excluding hydrogens is 174 g/mol. The van der Waals surface area contributed by atoms with E-state index < -0.39 is 0 Å².